The van der Waals surface area contributed by atoms with Crippen molar-refractivity contribution in [3.63, 3.8) is 0 Å². The van der Waals surface area contributed by atoms with Crippen LogP contribution in [0.4, 0.5) is 0 Å². The number of fused-ring (bicyclic) bond motifs is 1. The smallest absolute Gasteiger partial charge is 0.268 e. The summed E-state index contributed by atoms with van der Waals surface area (Å²) in [7, 11) is -4.01. The van der Waals surface area contributed by atoms with E-state index >= 15 is 0 Å². The molecule has 0 fully saturated rings. The van der Waals surface area contributed by atoms with Crippen LogP contribution < -0.4 is 0 Å². The van der Waals surface area contributed by atoms with Crippen molar-refractivity contribution in [2.24, 2.45) is 5.92 Å². The van der Waals surface area contributed by atoms with Gasteiger partial charge in [-0.25, -0.2) is 0 Å². The molecular formula is C27H28N2O4S. The minimum atomic E-state index is -4.01. The average molecular weight is 477 g/mol. The maximum Gasteiger partial charge on any atom is 0.268 e. The van der Waals surface area contributed by atoms with Gasteiger partial charge in [-0.1, -0.05) is 56.3 Å². The van der Waals surface area contributed by atoms with Crippen LogP contribution in [0.25, 0.3) is 10.8 Å². The molecule has 2 heterocycles. The third-order valence-corrected chi connectivity index (χ3v) is 6.84. The van der Waals surface area contributed by atoms with Crippen molar-refractivity contribution in [2.45, 2.75) is 32.8 Å². The lowest BCUT2D eigenvalue weighted by Gasteiger charge is -2.18. The molecule has 4 rings (SSSR count). The van der Waals surface area contributed by atoms with Crippen molar-refractivity contribution in [3.8, 4) is 0 Å². The molecule has 2 aromatic carbocycles. The van der Waals surface area contributed by atoms with Gasteiger partial charge in [0.25, 0.3) is 10.1 Å². The fourth-order valence-corrected chi connectivity index (χ4v) is 5.06. The van der Waals surface area contributed by atoms with Gasteiger partial charge in [0.05, 0.1) is 11.4 Å². The topological polar surface area (TPSA) is 89.1 Å². The molecule has 0 aliphatic heterocycles. The molecule has 4 aromatic rings. The Bertz CT molecular complexity index is 1360. The second-order valence-corrected chi connectivity index (χ2v) is 10.5. The maximum absolute atomic E-state index is 13.3. The zero-order chi connectivity index (χ0) is 24.1. The molecule has 0 bridgehead atoms. The van der Waals surface area contributed by atoms with Gasteiger partial charge in [0.2, 0.25) is 5.78 Å². The van der Waals surface area contributed by atoms with E-state index in [1.807, 2.05) is 30.3 Å². The summed E-state index contributed by atoms with van der Waals surface area (Å²) >= 11 is 0. The third kappa shape index (κ3) is 5.79. The fraction of sp³-hybridized carbons (Fsp3) is 0.259. The number of carbonyl (C=O) groups is 1. The number of hydrogen-bond donors (Lipinski definition) is 1. The van der Waals surface area contributed by atoms with Gasteiger partial charge in [0.15, 0.2) is 6.10 Å². The second-order valence-electron chi connectivity index (χ2n) is 8.79. The van der Waals surface area contributed by atoms with Gasteiger partial charge in [-0.05, 0) is 59.0 Å². The van der Waals surface area contributed by atoms with Crippen LogP contribution in [-0.2, 0) is 27.1 Å². The maximum atomic E-state index is 13.3. The number of benzene rings is 2. The molecule has 0 saturated heterocycles. The standard InChI is InChI=1S/C27H28N2O4S/c1-19(2)17-21-10-8-20(9-11-21)13-16-34(31,32)33-27(26(30)25-7-4-14-29-25)24-6-3-5-22-18-28-15-12-23(22)24/h3-12,14-15,18-19,27,29H,13,16-17H2,1-2H3. The van der Waals surface area contributed by atoms with Crippen LogP contribution in [0.2, 0.25) is 0 Å². The van der Waals surface area contributed by atoms with Gasteiger partial charge in [-0.3, -0.25) is 14.0 Å². The number of aromatic amines is 1. The second kappa shape index (κ2) is 10.3. The molecule has 7 heteroatoms. The van der Waals surface area contributed by atoms with E-state index in [0.717, 1.165) is 22.8 Å². The SMILES string of the molecule is CC(C)Cc1ccc(CCS(=O)(=O)OC(C(=O)c2ccc[nH]2)c2cccc3cnccc23)cc1. The molecule has 0 aliphatic rings. The van der Waals surface area contributed by atoms with Crippen LogP contribution in [0.3, 0.4) is 0 Å². The summed E-state index contributed by atoms with van der Waals surface area (Å²) in [6, 6.07) is 18.4. The van der Waals surface area contributed by atoms with Crippen molar-refractivity contribution in [1.29, 1.82) is 0 Å². The summed E-state index contributed by atoms with van der Waals surface area (Å²) in [4.78, 5) is 20.3. The Balaban J connectivity index is 1.57. The highest BCUT2D eigenvalue weighted by Crippen LogP contribution is 2.30. The minimum Gasteiger partial charge on any atom is -0.359 e. The number of aryl methyl sites for hydroxylation is 1. The molecule has 1 atom stereocenters. The van der Waals surface area contributed by atoms with Gasteiger partial charge in [0.1, 0.15) is 0 Å². The van der Waals surface area contributed by atoms with Gasteiger partial charge < -0.3 is 4.98 Å². The van der Waals surface area contributed by atoms with Crippen LogP contribution >= 0.6 is 0 Å². The minimum absolute atomic E-state index is 0.225. The van der Waals surface area contributed by atoms with Crippen molar-refractivity contribution in [1.82, 2.24) is 9.97 Å². The summed E-state index contributed by atoms with van der Waals surface area (Å²) < 4.78 is 31.6. The van der Waals surface area contributed by atoms with Crippen molar-refractivity contribution < 1.29 is 17.4 Å². The molecule has 1 N–H and O–H groups in total. The van der Waals surface area contributed by atoms with Crippen LogP contribution in [0.1, 0.15) is 47.1 Å². The average Bonchev–Trinajstić information content (AvgIpc) is 3.36. The first-order valence-corrected chi connectivity index (χ1v) is 12.9. The molecule has 0 saturated carbocycles. The van der Waals surface area contributed by atoms with E-state index in [0.29, 0.717) is 17.9 Å². The van der Waals surface area contributed by atoms with Crippen LogP contribution in [-0.4, -0.2) is 29.9 Å². The largest absolute Gasteiger partial charge is 0.359 e. The molecule has 1 unspecified atom stereocenters. The Morgan fingerprint density at radius 2 is 1.76 bits per heavy atom. The third-order valence-electron chi connectivity index (χ3n) is 5.65. The van der Waals surface area contributed by atoms with Crippen molar-refractivity contribution >= 4 is 26.7 Å². The molecule has 0 radical (unpaired) electrons. The predicted octanol–water partition coefficient (Wildman–Crippen LogP) is 5.27. The number of Topliss-reactive ketones (excluding diaryl/α,β-unsaturated/α-hetero) is 1. The lowest BCUT2D eigenvalue weighted by Crippen LogP contribution is -2.23. The first-order chi connectivity index (χ1) is 16.3. The zero-order valence-electron chi connectivity index (χ0n) is 19.3. The Morgan fingerprint density at radius 1 is 1.00 bits per heavy atom. The van der Waals surface area contributed by atoms with Gasteiger partial charge in [0, 0.05) is 24.0 Å². The van der Waals surface area contributed by atoms with E-state index in [-0.39, 0.29) is 11.4 Å². The summed E-state index contributed by atoms with van der Waals surface area (Å²) in [6.07, 6.45) is 4.88. The lowest BCUT2D eigenvalue weighted by atomic mass is 9.98. The fourth-order valence-electron chi connectivity index (χ4n) is 3.99. The van der Waals surface area contributed by atoms with Gasteiger partial charge in [-0.2, -0.15) is 8.42 Å². The molecule has 0 amide bonds. The highest BCUT2D eigenvalue weighted by Gasteiger charge is 2.30. The molecular weight excluding hydrogens is 448 g/mol. The Hall–Kier alpha value is -3.29. The number of nitrogens with one attached hydrogen (secondary N) is 1. The first kappa shape index (κ1) is 23.9. The summed E-state index contributed by atoms with van der Waals surface area (Å²) in [5, 5.41) is 1.52. The zero-order valence-corrected chi connectivity index (χ0v) is 20.1. The molecule has 176 valence electrons. The Labute approximate surface area is 200 Å². The lowest BCUT2D eigenvalue weighted by molar-refractivity contribution is 0.0798. The Kier molecular flexibility index (Phi) is 7.24. The van der Waals surface area contributed by atoms with Crippen LogP contribution in [0.15, 0.2) is 79.3 Å². The molecule has 0 aliphatic carbocycles. The molecule has 6 nitrogen and oxygen atoms in total. The van der Waals surface area contributed by atoms with Crippen molar-refractivity contribution in [2.75, 3.05) is 5.75 Å². The number of ketones is 1. The van der Waals surface area contributed by atoms with E-state index in [1.165, 1.54) is 5.56 Å². The number of H-pyrrole nitrogens is 1. The number of rotatable bonds is 10. The normalized spacial score (nSPS) is 12.8. The van der Waals surface area contributed by atoms with E-state index in [1.54, 1.807) is 48.9 Å². The highest BCUT2D eigenvalue weighted by atomic mass is 32.2. The quantitative estimate of drug-likeness (QED) is 0.249. The number of nitrogens with zero attached hydrogens (tertiary/aromatic N) is 1. The van der Waals surface area contributed by atoms with Crippen molar-refractivity contribution in [3.05, 3.63) is 102 Å². The predicted molar refractivity (Wildman–Crippen MR) is 133 cm³/mol. The van der Waals surface area contributed by atoms with E-state index in [4.69, 9.17) is 4.18 Å². The Morgan fingerprint density at radius 3 is 2.47 bits per heavy atom. The highest BCUT2D eigenvalue weighted by molar-refractivity contribution is 7.86. The summed E-state index contributed by atoms with van der Waals surface area (Å²) in [5.41, 5.74) is 2.90. The number of pyridine rings is 1. The van der Waals surface area contributed by atoms with E-state index < -0.39 is 22.0 Å². The molecule has 34 heavy (non-hydrogen) atoms. The molecule has 2 aromatic heterocycles. The van der Waals surface area contributed by atoms with Crippen LogP contribution in [0.5, 0.6) is 0 Å². The van der Waals surface area contributed by atoms with E-state index in [9.17, 15) is 13.2 Å². The number of carbonyl (C=O) groups excluding carboxylic acids is 1. The summed E-state index contributed by atoms with van der Waals surface area (Å²) in [6.45, 7) is 4.32. The number of aromatic nitrogens is 2. The van der Waals surface area contributed by atoms with Gasteiger partial charge in [-0.15, -0.1) is 0 Å². The molecule has 0 spiro atoms. The number of hydrogen-bond acceptors (Lipinski definition) is 5. The van der Waals surface area contributed by atoms with E-state index in [2.05, 4.69) is 23.8 Å². The summed E-state index contributed by atoms with van der Waals surface area (Å²) in [5.74, 6) is -0.119. The monoisotopic (exact) mass is 476 g/mol. The van der Waals surface area contributed by atoms with Gasteiger partial charge >= 0.3 is 0 Å². The first-order valence-electron chi connectivity index (χ1n) is 11.3. The van der Waals surface area contributed by atoms with Crippen LogP contribution in [0, 0.1) is 5.92 Å².